The Hall–Kier alpha value is -0.300. The van der Waals surface area contributed by atoms with Crippen LogP contribution in [-0.2, 0) is 11.2 Å². The normalized spacial score (nSPS) is 19.5. The second kappa shape index (κ2) is 6.43. The number of hydrogen-bond acceptors (Lipinski definition) is 3. The first-order valence-electron chi connectivity index (χ1n) is 6.12. The molecule has 0 saturated heterocycles. The van der Waals surface area contributed by atoms with E-state index < -0.39 is 12.8 Å². The molecule has 1 aromatic rings. The summed E-state index contributed by atoms with van der Waals surface area (Å²) in [6.07, 6.45) is -1.15. The highest BCUT2D eigenvalue weighted by Crippen LogP contribution is 2.37. The zero-order chi connectivity index (χ0) is 13.9. The van der Waals surface area contributed by atoms with Crippen LogP contribution in [-0.4, -0.2) is 25.9 Å². The summed E-state index contributed by atoms with van der Waals surface area (Å²) >= 11 is 7.58. The van der Waals surface area contributed by atoms with E-state index in [-0.39, 0.29) is 12.6 Å². The van der Waals surface area contributed by atoms with Crippen LogP contribution in [0.4, 0.5) is 13.2 Å². The number of halogens is 4. The van der Waals surface area contributed by atoms with E-state index in [1.807, 2.05) is 6.07 Å². The van der Waals surface area contributed by atoms with Gasteiger partial charge in [-0.25, -0.2) is 0 Å². The van der Waals surface area contributed by atoms with Crippen molar-refractivity contribution in [3.8, 4) is 0 Å². The molecule has 0 fully saturated rings. The first-order chi connectivity index (χ1) is 8.96. The van der Waals surface area contributed by atoms with Crippen LogP contribution in [0.2, 0.25) is 4.34 Å². The third kappa shape index (κ3) is 4.63. The smallest absolute Gasteiger partial charge is 0.371 e. The molecule has 1 heterocycles. The number of alkyl halides is 3. The van der Waals surface area contributed by atoms with Crippen LogP contribution in [0.1, 0.15) is 29.3 Å². The molecular formula is C12H15ClF3NOS. The molecule has 1 unspecified atom stereocenters. The SMILES string of the molecule is FC(F)(F)COCCNC1CCCc2sc(Cl)cc21. The molecule has 0 amide bonds. The first-order valence-corrected chi connectivity index (χ1v) is 7.31. The maximum absolute atomic E-state index is 11.9. The second-order valence-corrected chi connectivity index (χ2v) is 6.26. The molecule has 2 nitrogen and oxygen atoms in total. The van der Waals surface area contributed by atoms with Gasteiger partial charge in [-0.15, -0.1) is 11.3 Å². The van der Waals surface area contributed by atoms with Crippen molar-refractivity contribution in [3.63, 3.8) is 0 Å². The van der Waals surface area contributed by atoms with Crippen molar-refractivity contribution in [1.82, 2.24) is 5.32 Å². The van der Waals surface area contributed by atoms with Crippen LogP contribution >= 0.6 is 22.9 Å². The highest BCUT2D eigenvalue weighted by molar-refractivity contribution is 7.16. The Morgan fingerprint density at radius 1 is 1.47 bits per heavy atom. The largest absolute Gasteiger partial charge is 0.411 e. The van der Waals surface area contributed by atoms with Gasteiger partial charge in [0.05, 0.1) is 10.9 Å². The van der Waals surface area contributed by atoms with Gasteiger partial charge in [0.2, 0.25) is 0 Å². The molecule has 2 rings (SSSR count). The van der Waals surface area contributed by atoms with Crippen LogP contribution in [0.15, 0.2) is 6.07 Å². The van der Waals surface area contributed by atoms with E-state index in [0.717, 1.165) is 23.6 Å². The van der Waals surface area contributed by atoms with Gasteiger partial charge in [-0.1, -0.05) is 11.6 Å². The first kappa shape index (κ1) is 15.1. The minimum absolute atomic E-state index is 0.0587. The fourth-order valence-corrected chi connectivity index (χ4v) is 3.61. The number of fused-ring (bicyclic) bond motifs is 1. The highest BCUT2D eigenvalue weighted by Gasteiger charge is 2.27. The lowest BCUT2D eigenvalue weighted by Gasteiger charge is -2.23. The molecule has 19 heavy (non-hydrogen) atoms. The Labute approximate surface area is 118 Å². The molecule has 0 radical (unpaired) electrons. The molecule has 1 N–H and O–H groups in total. The maximum atomic E-state index is 11.9. The zero-order valence-electron chi connectivity index (χ0n) is 10.2. The molecular weight excluding hydrogens is 299 g/mol. The summed E-state index contributed by atoms with van der Waals surface area (Å²) in [6.45, 7) is -0.717. The topological polar surface area (TPSA) is 21.3 Å². The number of nitrogens with one attached hydrogen (secondary N) is 1. The summed E-state index contributed by atoms with van der Waals surface area (Å²) in [7, 11) is 0. The molecule has 0 spiro atoms. The summed E-state index contributed by atoms with van der Waals surface area (Å²) in [5.74, 6) is 0. The van der Waals surface area contributed by atoms with Gasteiger partial charge in [-0.3, -0.25) is 0 Å². The third-order valence-corrected chi connectivity index (χ3v) is 4.33. The van der Waals surface area contributed by atoms with Crippen LogP contribution in [0.3, 0.4) is 0 Å². The maximum Gasteiger partial charge on any atom is 0.411 e. The molecule has 0 bridgehead atoms. The van der Waals surface area contributed by atoms with Gasteiger partial charge < -0.3 is 10.1 Å². The Kier molecular flexibility index (Phi) is 5.11. The van der Waals surface area contributed by atoms with E-state index in [1.165, 1.54) is 10.4 Å². The van der Waals surface area contributed by atoms with Gasteiger partial charge in [-0.2, -0.15) is 13.2 Å². The van der Waals surface area contributed by atoms with Crippen molar-refractivity contribution < 1.29 is 17.9 Å². The molecule has 1 aliphatic carbocycles. The Bertz CT molecular complexity index is 422. The van der Waals surface area contributed by atoms with Gasteiger partial charge in [0.15, 0.2) is 0 Å². The number of thiophene rings is 1. The standard InChI is InChI=1S/C12H15ClF3NOS/c13-11-6-8-9(2-1-3-10(8)19-11)17-4-5-18-7-12(14,15)16/h6,9,17H,1-5,7H2. The lowest BCUT2D eigenvalue weighted by Crippen LogP contribution is -2.29. The molecule has 1 aliphatic rings. The average Bonchev–Trinajstić information content (AvgIpc) is 2.68. The zero-order valence-corrected chi connectivity index (χ0v) is 11.8. The molecule has 0 aromatic carbocycles. The summed E-state index contributed by atoms with van der Waals surface area (Å²) < 4.78 is 41.0. The summed E-state index contributed by atoms with van der Waals surface area (Å²) in [4.78, 5) is 1.28. The fourth-order valence-electron chi connectivity index (χ4n) is 2.23. The number of ether oxygens (including phenoxy) is 1. The van der Waals surface area contributed by atoms with Gasteiger partial charge in [-0.05, 0) is 30.9 Å². The van der Waals surface area contributed by atoms with E-state index in [0.29, 0.717) is 6.54 Å². The summed E-state index contributed by atoms with van der Waals surface area (Å²) in [5.41, 5.74) is 1.19. The Balaban J connectivity index is 1.75. The van der Waals surface area contributed by atoms with Crippen LogP contribution in [0.25, 0.3) is 0 Å². The lowest BCUT2D eigenvalue weighted by atomic mass is 9.94. The molecule has 0 saturated carbocycles. The van der Waals surface area contributed by atoms with Crippen molar-refractivity contribution in [3.05, 3.63) is 20.8 Å². The van der Waals surface area contributed by atoms with Gasteiger partial charge in [0.25, 0.3) is 0 Å². The van der Waals surface area contributed by atoms with Crippen molar-refractivity contribution in [2.24, 2.45) is 0 Å². The predicted octanol–water partition coefficient (Wildman–Crippen LogP) is 3.95. The molecule has 0 aliphatic heterocycles. The number of hydrogen-bond donors (Lipinski definition) is 1. The predicted molar refractivity (Wildman–Crippen MR) is 69.9 cm³/mol. The van der Waals surface area contributed by atoms with Gasteiger partial charge in [0.1, 0.15) is 6.61 Å². The number of aryl methyl sites for hydroxylation is 1. The highest BCUT2D eigenvalue weighted by atomic mass is 35.5. The minimum Gasteiger partial charge on any atom is -0.371 e. The van der Waals surface area contributed by atoms with E-state index >= 15 is 0 Å². The lowest BCUT2D eigenvalue weighted by molar-refractivity contribution is -0.173. The summed E-state index contributed by atoms with van der Waals surface area (Å²) in [6, 6.07) is 2.14. The monoisotopic (exact) mass is 313 g/mol. The van der Waals surface area contributed by atoms with Crippen molar-refractivity contribution in [2.75, 3.05) is 19.8 Å². The fraction of sp³-hybridized carbons (Fsp3) is 0.667. The quantitative estimate of drug-likeness (QED) is 0.831. The van der Waals surface area contributed by atoms with E-state index in [1.54, 1.807) is 11.3 Å². The van der Waals surface area contributed by atoms with Gasteiger partial charge >= 0.3 is 6.18 Å². The summed E-state index contributed by atoms with van der Waals surface area (Å²) in [5, 5.41) is 3.23. The molecule has 1 aromatic heterocycles. The van der Waals surface area contributed by atoms with E-state index in [9.17, 15) is 13.2 Å². The van der Waals surface area contributed by atoms with Gasteiger partial charge in [0, 0.05) is 17.5 Å². The van der Waals surface area contributed by atoms with E-state index in [4.69, 9.17) is 11.6 Å². The Morgan fingerprint density at radius 2 is 2.26 bits per heavy atom. The Morgan fingerprint density at radius 3 is 3.00 bits per heavy atom. The van der Waals surface area contributed by atoms with Crippen LogP contribution in [0.5, 0.6) is 0 Å². The van der Waals surface area contributed by atoms with E-state index in [2.05, 4.69) is 10.1 Å². The molecule has 7 heteroatoms. The third-order valence-electron chi connectivity index (χ3n) is 2.99. The molecule has 108 valence electrons. The second-order valence-electron chi connectivity index (χ2n) is 4.50. The van der Waals surface area contributed by atoms with Crippen LogP contribution in [0, 0.1) is 0 Å². The molecule has 1 atom stereocenters. The van der Waals surface area contributed by atoms with Crippen LogP contribution < -0.4 is 5.32 Å². The number of rotatable bonds is 5. The average molecular weight is 314 g/mol. The van der Waals surface area contributed by atoms with Crippen molar-refractivity contribution in [2.45, 2.75) is 31.5 Å². The minimum atomic E-state index is -4.25. The van der Waals surface area contributed by atoms with Crippen molar-refractivity contribution >= 4 is 22.9 Å². The van der Waals surface area contributed by atoms with Crippen molar-refractivity contribution in [1.29, 1.82) is 0 Å².